The Kier molecular flexibility index (Phi) is 3.25. The number of aryl methyl sites for hydroxylation is 1. The number of rotatable bonds is 2. The molecule has 0 aromatic heterocycles. The van der Waals surface area contributed by atoms with Gasteiger partial charge in [0.15, 0.2) is 5.78 Å². The Morgan fingerprint density at radius 3 is 2.53 bits per heavy atom. The van der Waals surface area contributed by atoms with Crippen molar-refractivity contribution in [1.82, 2.24) is 0 Å². The van der Waals surface area contributed by atoms with Crippen LogP contribution in [0.15, 0.2) is 42.5 Å². The second-order valence-electron chi connectivity index (χ2n) is 3.77. The SMILES string of the molecule is Cc1ccc(Cl)cc1C(=O)c1ccccc1F. The average molecular weight is 249 g/mol. The first-order valence-corrected chi connectivity index (χ1v) is 5.53. The van der Waals surface area contributed by atoms with Crippen molar-refractivity contribution in [2.45, 2.75) is 6.92 Å². The molecule has 0 aliphatic heterocycles. The first-order valence-electron chi connectivity index (χ1n) is 5.15. The van der Waals surface area contributed by atoms with Crippen molar-refractivity contribution in [3.8, 4) is 0 Å². The third-order valence-corrected chi connectivity index (χ3v) is 2.80. The molecular formula is C14H10ClFO. The van der Waals surface area contributed by atoms with Gasteiger partial charge >= 0.3 is 0 Å². The van der Waals surface area contributed by atoms with E-state index in [4.69, 9.17) is 11.6 Å². The van der Waals surface area contributed by atoms with Crippen molar-refractivity contribution in [3.05, 3.63) is 70.0 Å². The largest absolute Gasteiger partial charge is 0.288 e. The van der Waals surface area contributed by atoms with Crippen LogP contribution in [0.1, 0.15) is 21.5 Å². The van der Waals surface area contributed by atoms with Gasteiger partial charge in [-0.1, -0.05) is 29.8 Å². The Morgan fingerprint density at radius 1 is 1.12 bits per heavy atom. The number of carbonyl (C=O) groups excluding carboxylic acids is 1. The van der Waals surface area contributed by atoms with Crippen molar-refractivity contribution in [3.63, 3.8) is 0 Å². The summed E-state index contributed by atoms with van der Waals surface area (Å²) < 4.78 is 13.5. The monoisotopic (exact) mass is 248 g/mol. The van der Waals surface area contributed by atoms with Gasteiger partial charge < -0.3 is 0 Å². The number of hydrogen-bond donors (Lipinski definition) is 0. The summed E-state index contributed by atoms with van der Waals surface area (Å²) in [4.78, 5) is 12.1. The molecule has 2 rings (SSSR count). The van der Waals surface area contributed by atoms with Gasteiger partial charge in [-0.25, -0.2) is 4.39 Å². The molecule has 0 heterocycles. The summed E-state index contributed by atoms with van der Waals surface area (Å²) >= 11 is 5.84. The quantitative estimate of drug-likeness (QED) is 0.734. The Morgan fingerprint density at radius 2 is 1.82 bits per heavy atom. The molecular weight excluding hydrogens is 239 g/mol. The van der Waals surface area contributed by atoms with Crippen LogP contribution in [-0.4, -0.2) is 5.78 Å². The van der Waals surface area contributed by atoms with Gasteiger partial charge in [-0.15, -0.1) is 0 Å². The molecule has 0 amide bonds. The number of benzene rings is 2. The molecule has 0 saturated heterocycles. The molecule has 2 aromatic rings. The lowest BCUT2D eigenvalue weighted by Gasteiger charge is -2.06. The number of halogens is 2. The summed E-state index contributed by atoms with van der Waals surface area (Å²) in [5.74, 6) is -0.861. The van der Waals surface area contributed by atoms with Gasteiger partial charge in [0, 0.05) is 10.6 Å². The molecule has 17 heavy (non-hydrogen) atoms. The second kappa shape index (κ2) is 4.68. The van der Waals surface area contributed by atoms with E-state index in [9.17, 15) is 9.18 Å². The van der Waals surface area contributed by atoms with Gasteiger partial charge in [0.25, 0.3) is 0 Å². The van der Waals surface area contributed by atoms with E-state index in [0.29, 0.717) is 10.6 Å². The Bertz CT molecular complexity index is 578. The van der Waals surface area contributed by atoms with E-state index < -0.39 is 5.82 Å². The van der Waals surface area contributed by atoms with Crippen molar-refractivity contribution < 1.29 is 9.18 Å². The fourth-order valence-electron chi connectivity index (χ4n) is 1.63. The molecule has 2 aromatic carbocycles. The summed E-state index contributed by atoms with van der Waals surface area (Å²) in [5.41, 5.74) is 1.28. The molecule has 0 saturated carbocycles. The van der Waals surface area contributed by atoms with Gasteiger partial charge in [-0.3, -0.25) is 4.79 Å². The summed E-state index contributed by atoms with van der Waals surface area (Å²) in [6.07, 6.45) is 0. The van der Waals surface area contributed by atoms with Crippen molar-refractivity contribution in [1.29, 1.82) is 0 Å². The maximum atomic E-state index is 13.5. The Labute approximate surface area is 104 Å². The number of ketones is 1. The average Bonchev–Trinajstić information content (AvgIpc) is 2.32. The highest BCUT2D eigenvalue weighted by Gasteiger charge is 2.15. The molecule has 0 unspecified atom stereocenters. The topological polar surface area (TPSA) is 17.1 Å². The number of carbonyl (C=O) groups is 1. The summed E-state index contributed by atoms with van der Waals surface area (Å²) in [5, 5.41) is 0.468. The Hall–Kier alpha value is -1.67. The van der Waals surface area contributed by atoms with E-state index in [1.807, 2.05) is 0 Å². The molecule has 0 N–H and O–H groups in total. The van der Waals surface area contributed by atoms with Crippen LogP contribution in [0.4, 0.5) is 4.39 Å². The maximum Gasteiger partial charge on any atom is 0.196 e. The predicted molar refractivity (Wildman–Crippen MR) is 66.0 cm³/mol. The molecule has 0 bridgehead atoms. The van der Waals surface area contributed by atoms with Crippen LogP contribution in [0.2, 0.25) is 5.02 Å². The molecule has 0 radical (unpaired) electrons. The van der Waals surface area contributed by atoms with Gasteiger partial charge in [0.05, 0.1) is 5.56 Å². The van der Waals surface area contributed by atoms with E-state index in [2.05, 4.69) is 0 Å². The minimum absolute atomic E-state index is 0.0675. The van der Waals surface area contributed by atoms with Crippen molar-refractivity contribution in [2.24, 2.45) is 0 Å². The van der Waals surface area contributed by atoms with E-state index in [0.717, 1.165) is 5.56 Å². The third-order valence-electron chi connectivity index (χ3n) is 2.56. The number of hydrogen-bond acceptors (Lipinski definition) is 1. The van der Waals surface area contributed by atoms with Crippen LogP contribution >= 0.6 is 11.6 Å². The lowest BCUT2D eigenvalue weighted by molar-refractivity contribution is 0.103. The van der Waals surface area contributed by atoms with Gasteiger partial charge in [0.2, 0.25) is 0 Å². The fraction of sp³-hybridized carbons (Fsp3) is 0.0714. The standard InChI is InChI=1S/C14H10ClFO/c1-9-6-7-10(15)8-12(9)14(17)11-4-2-3-5-13(11)16/h2-8H,1H3. The predicted octanol–water partition coefficient (Wildman–Crippen LogP) is 4.02. The zero-order valence-electron chi connectivity index (χ0n) is 9.21. The summed E-state index contributed by atoms with van der Waals surface area (Å²) in [6, 6.07) is 10.9. The first kappa shape index (κ1) is 11.8. The summed E-state index contributed by atoms with van der Waals surface area (Å²) in [6.45, 7) is 1.80. The molecule has 3 heteroatoms. The smallest absolute Gasteiger partial charge is 0.196 e. The van der Waals surface area contributed by atoms with Crippen LogP contribution in [0.25, 0.3) is 0 Å². The van der Waals surface area contributed by atoms with Crippen LogP contribution in [-0.2, 0) is 0 Å². The van der Waals surface area contributed by atoms with E-state index in [-0.39, 0.29) is 11.3 Å². The van der Waals surface area contributed by atoms with E-state index >= 15 is 0 Å². The molecule has 0 fully saturated rings. The minimum atomic E-state index is -0.517. The zero-order valence-corrected chi connectivity index (χ0v) is 9.96. The maximum absolute atomic E-state index is 13.5. The van der Waals surface area contributed by atoms with Gasteiger partial charge in [0.1, 0.15) is 5.82 Å². The van der Waals surface area contributed by atoms with Crippen LogP contribution in [0, 0.1) is 12.7 Å². The van der Waals surface area contributed by atoms with E-state index in [1.165, 1.54) is 12.1 Å². The second-order valence-corrected chi connectivity index (χ2v) is 4.20. The first-order chi connectivity index (χ1) is 8.09. The fourth-order valence-corrected chi connectivity index (χ4v) is 1.80. The zero-order chi connectivity index (χ0) is 12.4. The highest BCUT2D eigenvalue weighted by atomic mass is 35.5. The van der Waals surface area contributed by atoms with Crippen molar-refractivity contribution in [2.75, 3.05) is 0 Å². The molecule has 0 aliphatic rings. The normalized spacial score (nSPS) is 10.3. The van der Waals surface area contributed by atoms with Crippen LogP contribution < -0.4 is 0 Å². The highest BCUT2D eigenvalue weighted by Crippen LogP contribution is 2.20. The molecule has 0 atom stereocenters. The highest BCUT2D eigenvalue weighted by molar-refractivity contribution is 6.31. The summed E-state index contributed by atoms with van der Waals surface area (Å²) in [7, 11) is 0. The lowest BCUT2D eigenvalue weighted by Crippen LogP contribution is -2.06. The van der Waals surface area contributed by atoms with E-state index in [1.54, 1.807) is 37.3 Å². The lowest BCUT2D eigenvalue weighted by atomic mass is 9.99. The van der Waals surface area contributed by atoms with Gasteiger partial charge in [-0.05, 0) is 36.8 Å². The third kappa shape index (κ3) is 2.37. The van der Waals surface area contributed by atoms with Crippen molar-refractivity contribution >= 4 is 17.4 Å². The molecule has 86 valence electrons. The molecule has 0 spiro atoms. The molecule has 0 aliphatic carbocycles. The Balaban J connectivity index is 2.51. The van der Waals surface area contributed by atoms with Crippen LogP contribution in [0.5, 0.6) is 0 Å². The minimum Gasteiger partial charge on any atom is -0.288 e. The van der Waals surface area contributed by atoms with Crippen LogP contribution in [0.3, 0.4) is 0 Å². The van der Waals surface area contributed by atoms with Gasteiger partial charge in [-0.2, -0.15) is 0 Å². The molecule has 1 nitrogen and oxygen atoms in total.